The number of hydrogen-bond acceptors (Lipinski definition) is 4. The lowest BCUT2D eigenvalue weighted by atomic mass is 9.93. The second kappa shape index (κ2) is 6.33. The monoisotopic (exact) mass is 341 g/mol. The van der Waals surface area contributed by atoms with E-state index in [0.717, 1.165) is 48.2 Å². The van der Waals surface area contributed by atoms with Crippen molar-refractivity contribution in [3.05, 3.63) is 22.2 Å². The molecule has 2 N–H and O–H groups in total. The van der Waals surface area contributed by atoms with E-state index in [1.807, 2.05) is 6.07 Å². The van der Waals surface area contributed by atoms with Crippen LogP contribution in [0.2, 0.25) is 0 Å². The van der Waals surface area contributed by atoms with E-state index in [9.17, 15) is 5.11 Å². The molecule has 0 atom stereocenters. The first-order valence-corrected chi connectivity index (χ1v) is 8.01. The molecule has 4 nitrogen and oxygen atoms in total. The Balaban J connectivity index is 1.61. The molecule has 1 heterocycles. The van der Waals surface area contributed by atoms with E-state index in [4.69, 9.17) is 9.47 Å². The van der Waals surface area contributed by atoms with Gasteiger partial charge < -0.3 is 19.9 Å². The lowest BCUT2D eigenvalue weighted by Crippen LogP contribution is -2.34. The molecule has 0 unspecified atom stereocenters. The molecule has 0 bridgehead atoms. The van der Waals surface area contributed by atoms with E-state index >= 15 is 0 Å². The van der Waals surface area contributed by atoms with E-state index < -0.39 is 0 Å². The van der Waals surface area contributed by atoms with Gasteiger partial charge >= 0.3 is 0 Å². The Hall–Kier alpha value is -0.780. The van der Waals surface area contributed by atoms with Gasteiger partial charge in [0.05, 0.1) is 10.6 Å². The van der Waals surface area contributed by atoms with Crippen LogP contribution >= 0.6 is 15.9 Å². The van der Waals surface area contributed by atoms with Gasteiger partial charge in [-0.3, -0.25) is 0 Å². The normalized spacial score (nSPS) is 25.5. The van der Waals surface area contributed by atoms with Gasteiger partial charge in [-0.1, -0.05) is 0 Å². The van der Waals surface area contributed by atoms with Crippen LogP contribution in [0.4, 0.5) is 0 Å². The average Bonchev–Trinajstić information content (AvgIpc) is 2.47. The Morgan fingerprint density at radius 3 is 2.70 bits per heavy atom. The van der Waals surface area contributed by atoms with E-state index in [1.54, 1.807) is 0 Å². The first-order valence-electron chi connectivity index (χ1n) is 7.22. The minimum absolute atomic E-state index is 0.100. The molecule has 0 spiro atoms. The lowest BCUT2D eigenvalue weighted by Gasteiger charge is -2.26. The standard InChI is InChI=1S/C15H20BrNO3/c16-13-7-10(8-14-15(13)20-6-5-19-14)9-17-11-1-3-12(18)4-2-11/h7-8,11-12,17-18H,1-6,9H2. The molecular weight excluding hydrogens is 322 g/mol. The van der Waals surface area contributed by atoms with Crippen LogP contribution in [0.5, 0.6) is 11.5 Å². The smallest absolute Gasteiger partial charge is 0.175 e. The molecule has 0 saturated heterocycles. The van der Waals surface area contributed by atoms with Crippen LogP contribution in [0.25, 0.3) is 0 Å². The van der Waals surface area contributed by atoms with Crippen molar-refractivity contribution in [1.29, 1.82) is 0 Å². The molecule has 1 aliphatic heterocycles. The van der Waals surface area contributed by atoms with Crippen molar-refractivity contribution in [2.45, 2.75) is 44.4 Å². The molecule has 1 aromatic rings. The highest BCUT2D eigenvalue weighted by Crippen LogP contribution is 2.38. The van der Waals surface area contributed by atoms with E-state index in [2.05, 4.69) is 27.3 Å². The average molecular weight is 342 g/mol. The van der Waals surface area contributed by atoms with Crippen LogP contribution in [-0.4, -0.2) is 30.5 Å². The number of rotatable bonds is 3. The van der Waals surface area contributed by atoms with Gasteiger partial charge in [-0.2, -0.15) is 0 Å². The molecule has 5 heteroatoms. The second-order valence-electron chi connectivity index (χ2n) is 5.49. The third-order valence-corrected chi connectivity index (χ3v) is 4.54. The molecule has 0 amide bonds. The van der Waals surface area contributed by atoms with Gasteiger partial charge in [-0.25, -0.2) is 0 Å². The third kappa shape index (κ3) is 3.27. The molecular formula is C15H20BrNO3. The number of hydrogen-bond donors (Lipinski definition) is 2. The highest BCUT2D eigenvalue weighted by atomic mass is 79.9. The number of halogens is 1. The number of aliphatic hydroxyl groups excluding tert-OH is 1. The molecule has 1 saturated carbocycles. The summed E-state index contributed by atoms with van der Waals surface area (Å²) in [6.07, 6.45) is 3.81. The summed E-state index contributed by atoms with van der Waals surface area (Å²) in [7, 11) is 0. The molecule has 3 rings (SSSR count). The van der Waals surface area contributed by atoms with Crippen molar-refractivity contribution >= 4 is 15.9 Å². The fourth-order valence-electron chi connectivity index (χ4n) is 2.81. The maximum absolute atomic E-state index is 9.52. The summed E-state index contributed by atoms with van der Waals surface area (Å²) < 4.78 is 12.2. The number of ether oxygens (including phenoxy) is 2. The zero-order valence-electron chi connectivity index (χ0n) is 11.4. The van der Waals surface area contributed by atoms with Gasteiger partial charge in [-0.05, 0) is 59.3 Å². The van der Waals surface area contributed by atoms with Gasteiger partial charge in [-0.15, -0.1) is 0 Å². The molecule has 0 radical (unpaired) electrons. The second-order valence-corrected chi connectivity index (χ2v) is 6.34. The lowest BCUT2D eigenvalue weighted by molar-refractivity contribution is 0.116. The van der Waals surface area contributed by atoms with Crippen molar-refractivity contribution in [2.24, 2.45) is 0 Å². The molecule has 1 aromatic carbocycles. The molecule has 1 fully saturated rings. The number of benzene rings is 1. The first-order chi connectivity index (χ1) is 9.72. The first kappa shape index (κ1) is 14.2. The Labute approximate surface area is 127 Å². The largest absolute Gasteiger partial charge is 0.486 e. The summed E-state index contributed by atoms with van der Waals surface area (Å²) in [5, 5.41) is 13.1. The fourth-order valence-corrected chi connectivity index (χ4v) is 3.41. The predicted molar refractivity (Wildman–Crippen MR) is 80.2 cm³/mol. The summed E-state index contributed by atoms with van der Waals surface area (Å²) in [5.74, 6) is 1.63. The van der Waals surface area contributed by atoms with Crippen molar-refractivity contribution in [3.8, 4) is 11.5 Å². The summed E-state index contributed by atoms with van der Waals surface area (Å²) in [4.78, 5) is 0. The predicted octanol–water partition coefficient (Wildman–Crippen LogP) is 2.61. The highest BCUT2D eigenvalue weighted by Gasteiger charge is 2.20. The van der Waals surface area contributed by atoms with Crippen molar-refractivity contribution < 1.29 is 14.6 Å². The van der Waals surface area contributed by atoms with Crippen molar-refractivity contribution in [2.75, 3.05) is 13.2 Å². The van der Waals surface area contributed by atoms with E-state index in [-0.39, 0.29) is 6.10 Å². The maximum Gasteiger partial charge on any atom is 0.175 e. The van der Waals surface area contributed by atoms with Crippen LogP contribution in [0.1, 0.15) is 31.2 Å². The van der Waals surface area contributed by atoms with Crippen LogP contribution in [0.15, 0.2) is 16.6 Å². The zero-order chi connectivity index (χ0) is 13.9. The summed E-state index contributed by atoms with van der Waals surface area (Å²) in [5.41, 5.74) is 1.19. The van der Waals surface area contributed by atoms with Crippen molar-refractivity contribution in [3.63, 3.8) is 0 Å². The topological polar surface area (TPSA) is 50.7 Å². The maximum atomic E-state index is 9.52. The summed E-state index contributed by atoms with van der Waals surface area (Å²) in [6.45, 7) is 2.03. The van der Waals surface area contributed by atoms with Gasteiger partial charge in [0.25, 0.3) is 0 Å². The van der Waals surface area contributed by atoms with Crippen molar-refractivity contribution in [1.82, 2.24) is 5.32 Å². The molecule has 0 aromatic heterocycles. The molecule has 2 aliphatic rings. The van der Waals surface area contributed by atoms with E-state index in [1.165, 1.54) is 5.56 Å². The quantitative estimate of drug-likeness (QED) is 0.887. The van der Waals surface area contributed by atoms with Crippen LogP contribution in [0.3, 0.4) is 0 Å². The number of fused-ring (bicyclic) bond motifs is 1. The molecule has 1 aliphatic carbocycles. The Kier molecular flexibility index (Phi) is 4.48. The number of aliphatic hydroxyl groups is 1. The molecule has 20 heavy (non-hydrogen) atoms. The molecule has 110 valence electrons. The summed E-state index contributed by atoms with van der Waals surface area (Å²) in [6, 6.07) is 4.63. The fraction of sp³-hybridized carbons (Fsp3) is 0.600. The Morgan fingerprint density at radius 2 is 1.90 bits per heavy atom. The number of nitrogens with one attached hydrogen (secondary N) is 1. The Bertz CT molecular complexity index is 472. The van der Waals surface area contributed by atoms with Gasteiger partial charge in [0.2, 0.25) is 0 Å². The SMILES string of the molecule is OC1CCC(NCc2cc(Br)c3c(c2)OCCO3)CC1. The van der Waals surface area contributed by atoms with E-state index in [0.29, 0.717) is 19.3 Å². The van der Waals surface area contributed by atoms with Gasteiger partial charge in [0.1, 0.15) is 13.2 Å². The third-order valence-electron chi connectivity index (χ3n) is 3.95. The van der Waals surface area contributed by atoms with Gasteiger partial charge in [0, 0.05) is 12.6 Å². The van der Waals surface area contributed by atoms with Crippen LogP contribution in [0, 0.1) is 0 Å². The minimum Gasteiger partial charge on any atom is -0.486 e. The van der Waals surface area contributed by atoms with Crippen LogP contribution in [-0.2, 0) is 6.54 Å². The summed E-state index contributed by atoms with van der Waals surface area (Å²) >= 11 is 3.54. The Morgan fingerprint density at radius 1 is 1.15 bits per heavy atom. The highest BCUT2D eigenvalue weighted by molar-refractivity contribution is 9.10. The van der Waals surface area contributed by atoms with Crippen LogP contribution < -0.4 is 14.8 Å². The van der Waals surface area contributed by atoms with Gasteiger partial charge in [0.15, 0.2) is 11.5 Å². The zero-order valence-corrected chi connectivity index (χ0v) is 13.0. The minimum atomic E-state index is -0.100.